The van der Waals surface area contributed by atoms with Gasteiger partial charge >= 0.3 is 5.97 Å². The number of para-hydroxylation sites is 1. The summed E-state index contributed by atoms with van der Waals surface area (Å²) in [5.74, 6) is 0.126. The van der Waals surface area contributed by atoms with Crippen molar-refractivity contribution < 1.29 is 14.3 Å². The molecule has 0 spiro atoms. The molecule has 9 heteroatoms. The number of hydrogen-bond acceptors (Lipinski definition) is 7. The molecular weight excluding hydrogens is 621 g/mol. The number of fused-ring (bicyclic) bond motifs is 2. The van der Waals surface area contributed by atoms with E-state index in [-0.39, 0.29) is 12.2 Å². The number of methoxy groups -OCH3 is 1. The second-order valence-electron chi connectivity index (χ2n) is 11.2. The molecule has 0 radical (unpaired) electrons. The molecule has 3 heterocycles. The van der Waals surface area contributed by atoms with E-state index in [9.17, 15) is 14.9 Å². The molecule has 2 aromatic heterocycles. The molecule has 4 aromatic carbocycles. The van der Waals surface area contributed by atoms with Crippen LogP contribution in [0.25, 0.3) is 22.7 Å². The van der Waals surface area contributed by atoms with Gasteiger partial charge in [-0.25, -0.2) is 9.79 Å². The van der Waals surface area contributed by atoms with E-state index in [0.717, 1.165) is 33.2 Å². The molecule has 0 N–H and O–H groups in total. The average molecular weight is 651 g/mol. The van der Waals surface area contributed by atoms with Crippen molar-refractivity contribution in [3.8, 4) is 11.8 Å². The molecule has 0 bridgehead atoms. The molecule has 236 valence electrons. The first-order valence-electron chi connectivity index (χ1n) is 15.5. The third-order valence-electron chi connectivity index (χ3n) is 8.39. The van der Waals surface area contributed by atoms with Gasteiger partial charge in [0.25, 0.3) is 5.56 Å². The molecular formula is C39H30N4O4S. The number of nitrogens with zero attached hydrogens (tertiary/aromatic N) is 4. The molecule has 1 aliphatic rings. The maximum absolute atomic E-state index is 14.5. The van der Waals surface area contributed by atoms with Gasteiger partial charge in [-0.2, -0.15) is 5.26 Å². The van der Waals surface area contributed by atoms with Crippen molar-refractivity contribution >= 4 is 40.0 Å². The Morgan fingerprint density at radius 2 is 1.71 bits per heavy atom. The van der Waals surface area contributed by atoms with Crippen LogP contribution in [0.2, 0.25) is 0 Å². The van der Waals surface area contributed by atoms with Crippen molar-refractivity contribution in [3.63, 3.8) is 0 Å². The van der Waals surface area contributed by atoms with Crippen molar-refractivity contribution in [2.24, 2.45) is 4.99 Å². The first-order chi connectivity index (χ1) is 23.5. The molecule has 8 nitrogen and oxygen atoms in total. The van der Waals surface area contributed by atoms with E-state index in [4.69, 9.17) is 14.5 Å². The highest BCUT2D eigenvalue weighted by Gasteiger charge is 2.35. The Hall–Kier alpha value is -5.98. The van der Waals surface area contributed by atoms with Crippen LogP contribution in [0.4, 0.5) is 0 Å². The van der Waals surface area contributed by atoms with Gasteiger partial charge in [-0.3, -0.25) is 9.36 Å². The van der Waals surface area contributed by atoms with Crippen LogP contribution in [-0.4, -0.2) is 28.8 Å². The lowest BCUT2D eigenvalue weighted by molar-refractivity contribution is -0.138. The Morgan fingerprint density at radius 3 is 2.46 bits per heavy atom. The number of carbonyl (C=O) groups excluding carboxylic acids is 1. The number of thiazole rings is 1. The number of nitriles is 1. The molecule has 48 heavy (non-hydrogen) atoms. The van der Waals surface area contributed by atoms with E-state index in [1.165, 1.54) is 11.3 Å². The molecule has 0 saturated carbocycles. The van der Waals surface area contributed by atoms with Crippen molar-refractivity contribution in [3.05, 3.63) is 162 Å². The van der Waals surface area contributed by atoms with Gasteiger partial charge in [-0.05, 0) is 48.4 Å². The standard InChI is InChI=1S/C39H30N4O4S/c1-3-47-38(45)34-35(25-11-5-4-6-12-25)41-39-43(36(34)26-17-19-30(46-2)20-18-26)37(44)33(48-39)21-29-24-42(32-16-10-9-15-31(29)32)23-28-14-8-7-13-27(28)22-40/h4-21,24,36H,3,23H2,1-2H3/b33-21+/t36-/m1/s1. The van der Waals surface area contributed by atoms with E-state index < -0.39 is 12.0 Å². The minimum absolute atomic E-state index is 0.174. The fraction of sp³-hybridized carbons (Fsp3) is 0.128. The largest absolute Gasteiger partial charge is 0.497 e. The molecule has 0 unspecified atom stereocenters. The van der Waals surface area contributed by atoms with Crippen molar-refractivity contribution in [2.75, 3.05) is 13.7 Å². The van der Waals surface area contributed by atoms with Gasteiger partial charge in [-0.15, -0.1) is 0 Å². The Labute approximate surface area is 280 Å². The quantitative estimate of drug-likeness (QED) is 0.194. The Kier molecular flexibility index (Phi) is 8.32. The summed E-state index contributed by atoms with van der Waals surface area (Å²) in [5, 5.41) is 10.6. The van der Waals surface area contributed by atoms with Crippen LogP contribution in [-0.2, 0) is 16.1 Å². The Balaban J connectivity index is 1.45. The van der Waals surface area contributed by atoms with Crippen LogP contribution < -0.4 is 19.6 Å². The average Bonchev–Trinajstić information content (AvgIpc) is 3.64. The maximum Gasteiger partial charge on any atom is 0.338 e. The zero-order chi connectivity index (χ0) is 33.2. The molecule has 0 fully saturated rings. The SMILES string of the molecule is CCOC(=O)C1=C(c2ccccc2)N=c2s/c(=C/c3cn(Cc4ccccc4C#N)c4ccccc34)c(=O)n2[C@@H]1c1ccc(OC)cc1. The summed E-state index contributed by atoms with van der Waals surface area (Å²) in [5.41, 5.74) is 5.34. The van der Waals surface area contributed by atoms with Gasteiger partial charge in [0.05, 0.1) is 47.2 Å². The van der Waals surface area contributed by atoms with Gasteiger partial charge in [0, 0.05) is 34.8 Å². The second-order valence-corrected chi connectivity index (χ2v) is 12.2. The smallest absolute Gasteiger partial charge is 0.338 e. The summed E-state index contributed by atoms with van der Waals surface area (Å²) in [6.45, 7) is 2.43. The van der Waals surface area contributed by atoms with E-state index in [1.54, 1.807) is 18.6 Å². The molecule has 1 aliphatic heterocycles. The van der Waals surface area contributed by atoms with E-state index >= 15 is 0 Å². The van der Waals surface area contributed by atoms with Gasteiger partial charge in [0.1, 0.15) is 5.75 Å². The van der Waals surface area contributed by atoms with E-state index in [0.29, 0.717) is 38.5 Å². The van der Waals surface area contributed by atoms with E-state index in [2.05, 4.69) is 10.6 Å². The van der Waals surface area contributed by atoms with Gasteiger partial charge < -0.3 is 14.0 Å². The number of esters is 1. The predicted molar refractivity (Wildman–Crippen MR) is 186 cm³/mol. The first kappa shape index (κ1) is 30.7. The fourth-order valence-electron chi connectivity index (χ4n) is 6.16. The third kappa shape index (κ3) is 5.52. The molecule has 1 atom stereocenters. The zero-order valence-corrected chi connectivity index (χ0v) is 27.1. The van der Waals surface area contributed by atoms with Crippen LogP contribution >= 0.6 is 11.3 Å². The highest BCUT2D eigenvalue weighted by atomic mass is 32.1. The highest BCUT2D eigenvalue weighted by molar-refractivity contribution is 7.07. The van der Waals surface area contributed by atoms with Crippen LogP contribution in [0, 0.1) is 11.3 Å². The summed E-state index contributed by atoms with van der Waals surface area (Å²) in [7, 11) is 1.59. The monoisotopic (exact) mass is 650 g/mol. The summed E-state index contributed by atoms with van der Waals surface area (Å²) in [6.07, 6.45) is 3.90. The number of hydrogen-bond donors (Lipinski definition) is 0. The van der Waals surface area contributed by atoms with Crippen LogP contribution in [0.15, 0.2) is 125 Å². The summed E-state index contributed by atoms with van der Waals surface area (Å²) in [4.78, 5) is 33.6. The topological polar surface area (TPSA) is 98.6 Å². The van der Waals surface area contributed by atoms with Crippen LogP contribution in [0.5, 0.6) is 5.75 Å². The van der Waals surface area contributed by atoms with Crippen molar-refractivity contribution in [1.82, 2.24) is 9.13 Å². The number of benzene rings is 4. The van der Waals surface area contributed by atoms with Crippen LogP contribution in [0.1, 0.15) is 40.8 Å². The summed E-state index contributed by atoms with van der Waals surface area (Å²) in [6, 6.07) is 33.9. The molecule has 0 amide bonds. The normalized spacial score (nSPS) is 14.4. The van der Waals surface area contributed by atoms with Crippen molar-refractivity contribution in [2.45, 2.75) is 19.5 Å². The first-order valence-corrected chi connectivity index (χ1v) is 16.3. The molecule has 0 saturated heterocycles. The molecule has 0 aliphatic carbocycles. The second kappa shape index (κ2) is 13.0. The van der Waals surface area contributed by atoms with Crippen LogP contribution in [0.3, 0.4) is 0 Å². The molecule has 7 rings (SSSR count). The lowest BCUT2D eigenvalue weighted by Crippen LogP contribution is -2.40. The number of ether oxygens (including phenoxy) is 2. The number of rotatable bonds is 8. The Morgan fingerprint density at radius 1 is 0.979 bits per heavy atom. The number of aromatic nitrogens is 2. The Bertz CT molecular complexity index is 2430. The summed E-state index contributed by atoms with van der Waals surface area (Å²) < 4.78 is 15.2. The van der Waals surface area contributed by atoms with Gasteiger partial charge in [0.2, 0.25) is 0 Å². The number of carbonyl (C=O) groups is 1. The fourth-order valence-corrected chi connectivity index (χ4v) is 7.15. The summed E-state index contributed by atoms with van der Waals surface area (Å²) >= 11 is 1.28. The van der Waals surface area contributed by atoms with Crippen molar-refractivity contribution in [1.29, 1.82) is 5.26 Å². The minimum Gasteiger partial charge on any atom is -0.497 e. The molecule has 6 aromatic rings. The lowest BCUT2D eigenvalue weighted by Gasteiger charge is -2.26. The lowest BCUT2D eigenvalue weighted by atomic mass is 9.93. The predicted octanol–water partition coefficient (Wildman–Crippen LogP) is 5.82. The zero-order valence-electron chi connectivity index (χ0n) is 26.3. The van der Waals surface area contributed by atoms with Gasteiger partial charge in [-0.1, -0.05) is 90.2 Å². The minimum atomic E-state index is -0.785. The van der Waals surface area contributed by atoms with E-state index in [1.807, 2.05) is 115 Å². The maximum atomic E-state index is 14.5. The van der Waals surface area contributed by atoms with Gasteiger partial charge in [0.15, 0.2) is 4.80 Å². The highest BCUT2D eigenvalue weighted by Crippen LogP contribution is 2.36. The third-order valence-corrected chi connectivity index (χ3v) is 9.37.